The summed E-state index contributed by atoms with van der Waals surface area (Å²) in [6.07, 6.45) is 1.40. The predicted molar refractivity (Wildman–Crippen MR) is 103 cm³/mol. The average molecular weight is 381 g/mol. The highest BCUT2D eigenvalue weighted by atomic mass is 35.5. The van der Waals surface area contributed by atoms with Crippen molar-refractivity contribution in [3.63, 3.8) is 0 Å². The normalized spacial score (nSPS) is 12.5. The standard InChI is InChI=1S/C18H21ClN2O3S/c1-4-17(18(22)20-15-9-5-7-13(2)11-15)21(25(3,23)24)16-10-6-8-14(19)12-16/h5-12,17H,4H2,1-3H3,(H,20,22)/t17-/m0/s1. The summed E-state index contributed by atoms with van der Waals surface area (Å²) in [7, 11) is -3.68. The Hall–Kier alpha value is -2.05. The van der Waals surface area contributed by atoms with Crippen LogP contribution in [-0.2, 0) is 14.8 Å². The molecular formula is C18H21ClN2O3S. The first-order chi connectivity index (χ1) is 11.7. The minimum Gasteiger partial charge on any atom is -0.324 e. The first kappa shape index (κ1) is 19.3. The van der Waals surface area contributed by atoms with Gasteiger partial charge in [-0.15, -0.1) is 0 Å². The molecule has 25 heavy (non-hydrogen) atoms. The van der Waals surface area contributed by atoms with E-state index >= 15 is 0 Å². The zero-order valence-corrected chi connectivity index (χ0v) is 15.9. The van der Waals surface area contributed by atoms with E-state index in [2.05, 4.69) is 5.32 Å². The van der Waals surface area contributed by atoms with Gasteiger partial charge in [0.15, 0.2) is 0 Å². The number of benzene rings is 2. The number of nitrogens with one attached hydrogen (secondary N) is 1. The van der Waals surface area contributed by atoms with Gasteiger partial charge in [-0.1, -0.05) is 36.7 Å². The number of aryl methyl sites for hydroxylation is 1. The van der Waals surface area contributed by atoms with Crippen LogP contribution in [0, 0.1) is 6.92 Å². The Morgan fingerprint density at radius 2 is 1.88 bits per heavy atom. The van der Waals surface area contributed by atoms with E-state index in [1.807, 2.05) is 25.1 Å². The largest absolute Gasteiger partial charge is 0.324 e. The summed E-state index contributed by atoms with van der Waals surface area (Å²) in [5.41, 5.74) is 1.99. The van der Waals surface area contributed by atoms with Gasteiger partial charge in [0.2, 0.25) is 15.9 Å². The molecule has 1 atom stereocenters. The molecular weight excluding hydrogens is 360 g/mol. The van der Waals surface area contributed by atoms with Crippen molar-refractivity contribution in [2.75, 3.05) is 15.9 Å². The number of rotatable bonds is 6. The first-order valence-corrected chi connectivity index (χ1v) is 10.1. The highest BCUT2D eigenvalue weighted by molar-refractivity contribution is 7.92. The lowest BCUT2D eigenvalue weighted by Crippen LogP contribution is -2.47. The number of amides is 1. The molecule has 5 nitrogen and oxygen atoms in total. The van der Waals surface area contributed by atoms with E-state index in [1.54, 1.807) is 31.2 Å². The molecule has 0 bridgehead atoms. The van der Waals surface area contributed by atoms with Gasteiger partial charge < -0.3 is 5.32 Å². The number of carbonyl (C=O) groups is 1. The van der Waals surface area contributed by atoms with Crippen LogP contribution in [0.15, 0.2) is 48.5 Å². The Bertz CT molecular complexity index is 868. The maximum absolute atomic E-state index is 12.8. The molecule has 0 aliphatic carbocycles. The van der Waals surface area contributed by atoms with Crippen LogP contribution in [0.2, 0.25) is 5.02 Å². The summed E-state index contributed by atoms with van der Waals surface area (Å²) >= 11 is 5.99. The number of halogens is 1. The Morgan fingerprint density at radius 1 is 1.20 bits per heavy atom. The third-order valence-electron chi connectivity index (χ3n) is 3.68. The van der Waals surface area contributed by atoms with Crippen molar-refractivity contribution in [3.8, 4) is 0 Å². The van der Waals surface area contributed by atoms with Crippen molar-refractivity contribution in [2.24, 2.45) is 0 Å². The molecule has 0 aromatic heterocycles. The maximum atomic E-state index is 12.8. The summed E-state index contributed by atoms with van der Waals surface area (Å²) < 4.78 is 25.8. The monoisotopic (exact) mass is 380 g/mol. The summed E-state index contributed by atoms with van der Waals surface area (Å²) in [5, 5.41) is 3.20. The highest BCUT2D eigenvalue weighted by Crippen LogP contribution is 2.26. The first-order valence-electron chi connectivity index (χ1n) is 7.85. The van der Waals surface area contributed by atoms with Crippen LogP contribution >= 0.6 is 11.6 Å². The average Bonchev–Trinajstić information content (AvgIpc) is 2.51. The number of hydrogen-bond donors (Lipinski definition) is 1. The molecule has 0 unspecified atom stereocenters. The zero-order chi connectivity index (χ0) is 18.6. The van der Waals surface area contributed by atoms with Crippen molar-refractivity contribution >= 4 is 38.9 Å². The van der Waals surface area contributed by atoms with Gasteiger partial charge in [0.05, 0.1) is 11.9 Å². The summed E-state index contributed by atoms with van der Waals surface area (Å²) in [4.78, 5) is 12.8. The van der Waals surface area contributed by atoms with Gasteiger partial charge in [-0.25, -0.2) is 8.42 Å². The second-order valence-electron chi connectivity index (χ2n) is 5.82. The van der Waals surface area contributed by atoms with E-state index in [0.717, 1.165) is 16.1 Å². The molecule has 2 rings (SSSR count). The fourth-order valence-electron chi connectivity index (χ4n) is 2.62. The molecule has 134 valence electrons. The van der Waals surface area contributed by atoms with E-state index in [0.29, 0.717) is 22.8 Å². The van der Waals surface area contributed by atoms with Crippen molar-refractivity contribution in [1.82, 2.24) is 0 Å². The van der Waals surface area contributed by atoms with Crippen LogP contribution in [-0.4, -0.2) is 26.6 Å². The van der Waals surface area contributed by atoms with Crippen LogP contribution in [0.25, 0.3) is 0 Å². The van der Waals surface area contributed by atoms with Crippen LogP contribution in [0.5, 0.6) is 0 Å². The molecule has 0 fully saturated rings. The molecule has 2 aromatic rings. The van der Waals surface area contributed by atoms with Gasteiger partial charge in [0.1, 0.15) is 6.04 Å². The summed E-state index contributed by atoms with van der Waals surface area (Å²) in [6.45, 7) is 3.69. The SMILES string of the molecule is CC[C@@H](C(=O)Nc1cccc(C)c1)N(c1cccc(Cl)c1)S(C)(=O)=O. The number of anilines is 2. The number of carbonyl (C=O) groups excluding carboxylic acids is 1. The molecule has 0 aliphatic heterocycles. The van der Waals surface area contributed by atoms with Crippen LogP contribution in [0.1, 0.15) is 18.9 Å². The lowest BCUT2D eigenvalue weighted by atomic mass is 10.1. The molecule has 2 aromatic carbocycles. The van der Waals surface area contributed by atoms with E-state index in [4.69, 9.17) is 11.6 Å². The quantitative estimate of drug-likeness (QED) is 0.828. The lowest BCUT2D eigenvalue weighted by molar-refractivity contribution is -0.117. The van der Waals surface area contributed by atoms with Crippen molar-refractivity contribution in [1.29, 1.82) is 0 Å². The topological polar surface area (TPSA) is 66.5 Å². The smallest absolute Gasteiger partial charge is 0.248 e. The van der Waals surface area contributed by atoms with Crippen LogP contribution in [0.4, 0.5) is 11.4 Å². The Kier molecular flexibility index (Phi) is 6.08. The molecule has 0 aliphatic rings. The molecule has 0 saturated heterocycles. The molecule has 0 spiro atoms. The van der Waals surface area contributed by atoms with E-state index < -0.39 is 22.0 Å². The van der Waals surface area contributed by atoms with Crippen LogP contribution in [0.3, 0.4) is 0 Å². The molecule has 0 saturated carbocycles. The lowest BCUT2D eigenvalue weighted by Gasteiger charge is -2.30. The Labute approximate surface area is 153 Å². The van der Waals surface area contributed by atoms with Gasteiger partial charge in [-0.2, -0.15) is 0 Å². The number of nitrogens with zero attached hydrogens (tertiary/aromatic N) is 1. The zero-order valence-electron chi connectivity index (χ0n) is 14.4. The number of hydrogen-bond acceptors (Lipinski definition) is 3. The molecule has 0 radical (unpaired) electrons. The van der Waals surface area contributed by atoms with Gasteiger partial charge in [-0.05, 0) is 49.2 Å². The van der Waals surface area contributed by atoms with Crippen LogP contribution < -0.4 is 9.62 Å². The van der Waals surface area contributed by atoms with Gasteiger partial charge in [0.25, 0.3) is 0 Å². The van der Waals surface area contributed by atoms with E-state index in [1.165, 1.54) is 6.07 Å². The van der Waals surface area contributed by atoms with Crippen molar-refractivity contribution in [3.05, 3.63) is 59.1 Å². The third-order valence-corrected chi connectivity index (χ3v) is 5.09. The van der Waals surface area contributed by atoms with Gasteiger partial charge >= 0.3 is 0 Å². The molecule has 0 heterocycles. The highest BCUT2D eigenvalue weighted by Gasteiger charge is 2.31. The summed E-state index contributed by atoms with van der Waals surface area (Å²) in [6, 6.07) is 12.9. The minimum atomic E-state index is -3.68. The number of sulfonamides is 1. The van der Waals surface area contributed by atoms with Crippen molar-refractivity contribution in [2.45, 2.75) is 26.3 Å². The fourth-order valence-corrected chi connectivity index (χ4v) is 4.01. The van der Waals surface area contributed by atoms with Gasteiger partial charge in [0, 0.05) is 10.7 Å². The maximum Gasteiger partial charge on any atom is 0.248 e. The molecule has 1 N–H and O–H groups in total. The van der Waals surface area contributed by atoms with Crippen molar-refractivity contribution < 1.29 is 13.2 Å². The fraction of sp³-hybridized carbons (Fsp3) is 0.278. The Balaban J connectivity index is 2.38. The second kappa shape index (κ2) is 7.89. The van der Waals surface area contributed by atoms with E-state index in [-0.39, 0.29) is 0 Å². The second-order valence-corrected chi connectivity index (χ2v) is 8.12. The van der Waals surface area contributed by atoms with E-state index in [9.17, 15) is 13.2 Å². The molecule has 7 heteroatoms. The Morgan fingerprint density at radius 3 is 2.44 bits per heavy atom. The summed E-state index contributed by atoms with van der Waals surface area (Å²) in [5.74, 6) is -0.390. The third kappa shape index (κ3) is 4.96. The predicted octanol–water partition coefficient (Wildman–Crippen LogP) is 3.83. The molecule has 1 amide bonds. The van der Waals surface area contributed by atoms with Gasteiger partial charge in [-0.3, -0.25) is 9.10 Å². The minimum absolute atomic E-state index is 0.317.